The Labute approximate surface area is 99.9 Å². The highest BCUT2D eigenvalue weighted by Crippen LogP contribution is 2.30. The molecule has 82 valence electrons. The monoisotopic (exact) mass is 251 g/mol. The Kier molecular flexibility index (Phi) is 2.22. The van der Waals surface area contributed by atoms with E-state index in [-0.39, 0.29) is 0 Å². The van der Waals surface area contributed by atoms with Crippen molar-refractivity contribution in [1.29, 1.82) is 0 Å². The second kappa shape index (κ2) is 3.60. The lowest BCUT2D eigenvalue weighted by molar-refractivity contribution is 0.957. The molecule has 5 nitrogen and oxygen atoms in total. The molecule has 0 aliphatic heterocycles. The van der Waals surface area contributed by atoms with Gasteiger partial charge in [-0.25, -0.2) is 9.97 Å². The van der Waals surface area contributed by atoms with Gasteiger partial charge in [0.05, 0.1) is 5.69 Å². The Hall–Kier alpha value is -1.34. The molecule has 3 aromatic rings. The molecule has 3 heterocycles. The predicted molar refractivity (Wildman–Crippen MR) is 63.0 cm³/mol. The molecule has 0 aliphatic carbocycles. The van der Waals surface area contributed by atoms with Crippen LogP contribution >= 0.6 is 23.1 Å². The number of hydrogen-bond donors (Lipinski definition) is 1. The summed E-state index contributed by atoms with van der Waals surface area (Å²) in [6, 6.07) is 0. The van der Waals surface area contributed by atoms with Gasteiger partial charge in [-0.05, 0) is 25.6 Å². The Bertz CT molecular complexity index is 622. The third kappa shape index (κ3) is 1.52. The van der Waals surface area contributed by atoms with Crippen LogP contribution < -0.4 is 0 Å². The van der Waals surface area contributed by atoms with Gasteiger partial charge in [0.25, 0.3) is 0 Å². The molecular formula is C9H9N5S2. The lowest BCUT2D eigenvalue weighted by atomic mass is 10.5. The summed E-state index contributed by atoms with van der Waals surface area (Å²) in [5.41, 5.74) is 1.02. The molecule has 0 fully saturated rings. The second-order valence-electron chi connectivity index (χ2n) is 3.39. The van der Waals surface area contributed by atoms with E-state index in [4.69, 9.17) is 0 Å². The lowest BCUT2D eigenvalue weighted by Crippen LogP contribution is -1.84. The first kappa shape index (κ1) is 9.86. The van der Waals surface area contributed by atoms with Crippen molar-refractivity contribution in [2.45, 2.75) is 24.0 Å². The first-order valence-electron chi connectivity index (χ1n) is 4.72. The van der Waals surface area contributed by atoms with E-state index in [1.807, 2.05) is 6.92 Å². The molecule has 16 heavy (non-hydrogen) atoms. The summed E-state index contributed by atoms with van der Waals surface area (Å²) >= 11 is 3.24. The van der Waals surface area contributed by atoms with Crippen LogP contribution in [0.1, 0.15) is 10.6 Å². The minimum absolute atomic E-state index is 0.786. The summed E-state index contributed by atoms with van der Waals surface area (Å²) in [5, 5.41) is 8.55. The summed E-state index contributed by atoms with van der Waals surface area (Å²) in [6.45, 7) is 4.09. The zero-order chi connectivity index (χ0) is 11.1. The molecule has 0 bridgehead atoms. The fourth-order valence-corrected chi connectivity index (χ4v) is 3.24. The minimum atomic E-state index is 0.786. The number of aromatic nitrogens is 5. The number of nitrogens with one attached hydrogen (secondary N) is 1. The third-order valence-corrected chi connectivity index (χ3v) is 4.12. The highest BCUT2D eigenvalue weighted by Gasteiger charge is 2.13. The summed E-state index contributed by atoms with van der Waals surface area (Å²) in [5.74, 6) is 0. The molecule has 0 aliphatic rings. The van der Waals surface area contributed by atoms with Crippen LogP contribution in [0.2, 0.25) is 0 Å². The third-order valence-electron chi connectivity index (χ3n) is 2.15. The van der Waals surface area contributed by atoms with Gasteiger partial charge in [0, 0.05) is 11.1 Å². The molecular weight excluding hydrogens is 242 g/mol. The zero-order valence-corrected chi connectivity index (χ0v) is 10.4. The first-order chi connectivity index (χ1) is 7.74. The number of imidazole rings is 1. The maximum atomic E-state index is 4.51. The van der Waals surface area contributed by atoms with Crippen molar-refractivity contribution in [3.8, 4) is 0 Å². The van der Waals surface area contributed by atoms with Crippen LogP contribution in [0.4, 0.5) is 0 Å². The quantitative estimate of drug-likeness (QED) is 0.759. The fourth-order valence-electron chi connectivity index (χ4n) is 1.50. The number of aryl methyl sites for hydroxylation is 2. The molecule has 1 N–H and O–H groups in total. The number of thiazole rings is 1. The van der Waals surface area contributed by atoms with E-state index in [1.54, 1.807) is 23.1 Å². The molecule has 7 heteroatoms. The van der Waals surface area contributed by atoms with Gasteiger partial charge in [0.15, 0.2) is 10.1 Å². The van der Waals surface area contributed by atoms with Crippen molar-refractivity contribution in [2.75, 3.05) is 0 Å². The average Bonchev–Trinajstić information content (AvgIpc) is 2.88. The average molecular weight is 251 g/mol. The van der Waals surface area contributed by atoms with E-state index < -0.39 is 0 Å². The molecule has 0 atom stereocenters. The maximum absolute atomic E-state index is 4.51. The van der Waals surface area contributed by atoms with E-state index in [0.29, 0.717) is 0 Å². The molecule has 0 radical (unpaired) electrons. The maximum Gasteiger partial charge on any atom is 0.195 e. The molecule has 0 amide bonds. The molecule has 0 unspecified atom stereocenters. The van der Waals surface area contributed by atoms with Crippen LogP contribution in [0.3, 0.4) is 0 Å². The Morgan fingerprint density at radius 3 is 3.06 bits per heavy atom. The summed E-state index contributed by atoms with van der Waals surface area (Å²) in [6.07, 6.45) is 3.60. The number of rotatable bonds is 2. The number of nitrogens with zero attached hydrogens (tertiary/aromatic N) is 4. The highest BCUT2D eigenvalue weighted by atomic mass is 32.2. The van der Waals surface area contributed by atoms with E-state index in [0.717, 1.165) is 20.8 Å². The molecule has 0 spiro atoms. The number of hydrogen-bond acceptors (Lipinski definition) is 5. The second-order valence-corrected chi connectivity index (χ2v) is 5.58. The molecule has 3 aromatic heterocycles. The number of H-pyrrole nitrogens is 1. The van der Waals surface area contributed by atoms with E-state index in [2.05, 4.69) is 37.7 Å². The Morgan fingerprint density at radius 2 is 2.31 bits per heavy atom. The van der Waals surface area contributed by atoms with Crippen molar-refractivity contribution >= 4 is 28.1 Å². The highest BCUT2D eigenvalue weighted by molar-refractivity contribution is 7.99. The van der Waals surface area contributed by atoms with Gasteiger partial charge in [0.1, 0.15) is 11.4 Å². The molecule has 0 aromatic carbocycles. The van der Waals surface area contributed by atoms with E-state index >= 15 is 0 Å². The van der Waals surface area contributed by atoms with Gasteiger partial charge < -0.3 is 0 Å². The number of aromatic amines is 1. The van der Waals surface area contributed by atoms with Gasteiger partial charge in [-0.15, -0.1) is 11.3 Å². The summed E-state index contributed by atoms with van der Waals surface area (Å²) in [7, 11) is 0. The Morgan fingerprint density at radius 1 is 1.44 bits per heavy atom. The van der Waals surface area contributed by atoms with Crippen molar-refractivity contribution in [1.82, 2.24) is 24.6 Å². The molecule has 3 rings (SSSR count). The van der Waals surface area contributed by atoms with Crippen LogP contribution in [0.15, 0.2) is 22.7 Å². The molecule has 0 saturated carbocycles. The standard InChI is InChI=1S/C9H9N5S2/c1-5-3-14-7(6(2)12-9(14)15-5)16-8-10-4-11-13-8/h3-4H,1-2H3,(H,10,11,13). The SMILES string of the molecule is Cc1cn2c(Sc3ncn[nH]3)c(C)nc2s1. The largest absolute Gasteiger partial charge is 0.284 e. The van der Waals surface area contributed by atoms with Crippen molar-refractivity contribution in [3.05, 3.63) is 23.1 Å². The zero-order valence-electron chi connectivity index (χ0n) is 8.76. The van der Waals surface area contributed by atoms with Crippen molar-refractivity contribution < 1.29 is 0 Å². The van der Waals surface area contributed by atoms with Crippen LogP contribution in [-0.2, 0) is 0 Å². The first-order valence-corrected chi connectivity index (χ1v) is 6.35. The van der Waals surface area contributed by atoms with Crippen LogP contribution in [0.25, 0.3) is 4.96 Å². The van der Waals surface area contributed by atoms with Gasteiger partial charge >= 0.3 is 0 Å². The summed E-state index contributed by atoms with van der Waals surface area (Å²) in [4.78, 5) is 10.9. The van der Waals surface area contributed by atoms with Gasteiger partial charge in [-0.3, -0.25) is 9.50 Å². The normalized spacial score (nSPS) is 11.4. The molecule has 0 saturated heterocycles. The van der Waals surface area contributed by atoms with Crippen molar-refractivity contribution in [2.24, 2.45) is 0 Å². The van der Waals surface area contributed by atoms with Gasteiger partial charge in [0.2, 0.25) is 0 Å². The van der Waals surface area contributed by atoms with Crippen LogP contribution in [0.5, 0.6) is 0 Å². The summed E-state index contributed by atoms with van der Waals surface area (Å²) < 4.78 is 2.10. The van der Waals surface area contributed by atoms with E-state index in [1.165, 1.54) is 11.2 Å². The number of fused-ring (bicyclic) bond motifs is 1. The smallest absolute Gasteiger partial charge is 0.195 e. The topological polar surface area (TPSA) is 58.9 Å². The predicted octanol–water partition coefficient (Wildman–Crippen LogP) is 2.28. The van der Waals surface area contributed by atoms with Crippen LogP contribution in [0, 0.1) is 13.8 Å². The fraction of sp³-hybridized carbons (Fsp3) is 0.222. The van der Waals surface area contributed by atoms with E-state index in [9.17, 15) is 0 Å². The van der Waals surface area contributed by atoms with Crippen LogP contribution in [-0.4, -0.2) is 24.6 Å². The van der Waals surface area contributed by atoms with Gasteiger partial charge in [-0.1, -0.05) is 0 Å². The van der Waals surface area contributed by atoms with Crippen molar-refractivity contribution in [3.63, 3.8) is 0 Å². The lowest BCUT2D eigenvalue weighted by Gasteiger charge is -1.96. The Balaban J connectivity index is 2.10. The van der Waals surface area contributed by atoms with Gasteiger partial charge in [-0.2, -0.15) is 5.10 Å². The minimum Gasteiger partial charge on any atom is -0.284 e.